The van der Waals surface area contributed by atoms with E-state index in [9.17, 15) is 9.59 Å². The lowest BCUT2D eigenvalue weighted by Crippen LogP contribution is -2.42. The van der Waals surface area contributed by atoms with Gasteiger partial charge in [0.2, 0.25) is 5.58 Å². The highest BCUT2D eigenvalue weighted by atomic mass is 32.2. The van der Waals surface area contributed by atoms with Crippen molar-refractivity contribution in [2.75, 3.05) is 29.5 Å². The Kier molecular flexibility index (Phi) is 4.31. The molecule has 1 aromatic carbocycles. The molecule has 3 fully saturated rings. The summed E-state index contributed by atoms with van der Waals surface area (Å²) in [7, 11) is 0. The van der Waals surface area contributed by atoms with Gasteiger partial charge in [0.05, 0.1) is 29.8 Å². The number of nitrogens with zero attached hydrogens (tertiary/aromatic N) is 3. The number of amides is 1. The zero-order valence-corrected chi connectivity index (χ0v) is 16.2. The van der Waals surface area contributed by atoms with Gasteiger partial charge in [0.1, 0.15) is 0 Å². The summed E-state index contributed by atoms with van der Waals surface area (Å²) in [6, 6.07) is 1.64. The maximum atomic E-state index is 15.4. The van der Waals surface area contributed by atoms with Crippen molar-refractivity contribution in [2.24, 2.45) is 0 Å². The van der Waals surface area contributed by atoms with Gasteiger partial charge in [-0.3, -0.25) is 14.5 Å². The number of thioether (sulfide) groups is 1. The van der Waals surface area contributed by atoms with E-state index in [1.807, 2.05) is 6.92 Å². The number of carbonyl (C=O) groups excluding carboxylic acids is 2. The molecule has 2 saturated heterocycles. The first kappa shape index (κ1) is 17.9. The second kappa shape index (κ2) is 6.73. The molecule has 3 atom stereocenters. The SMILES string of the molecule is CC1CN(c2c(C=O)cc3c(N4C(=O)SC5CCCC54)noc3c2F)CCO1. The number of morpholine rings is 1. The lowest BCUT2D eigenvalue weighted by molar-refractivity contribution is 0.0529. The highest BCUT2D eigenvalue weighted by molar-refractivity contribution is 8.14. The predicted molar refractivity (Wildman–Crippen MR) is 104 cm³/mol. The molecular weight excluding hydrogens is 385 g/mol. The van der Waals surface area contributed by atoms with Crippen LogP contribution in [0.5, 0.6) is 0 Å². The zero-order valence-electron chi connectivity index (χ0n) is 15.4. The molecule has 7 nitrogen and oxygen atoms in total. The molecule has 1 amide bonds. The van der Waals surface area contributed by atoms with E-state index in [0.29, 0.717) is 37.2 Å². The van der Waals surface area contributed by atoms with E-state index < -0.39 is 5.82 Å². The van der Waals surface area contributed by atoms with Crippen molar-refractivity contribution in [3.05, 3.63) is 17.4 Å². The molecule has 2 aromatic rings. The lowest BCUT2D eigenvalue weighted by atomic mass is 10.1. The Hall–Kier alpha value is -2.13. The van der Waals surface area contributed by atoms with E-state index >= 15 is 4.39 Å². The molecule has 3 aliphatic rings. The molecule has 0 bridgehead atoms. The zero-order chi connectivity index (χ0) is 19.4. The Morgan fingerprint density at radius 2 is 2.25 bits per heavy atom. The van der Waals surface area contributed by atoms with Gasteiger partial charge in [0.15, 0.2) is 17.9 Å². The first-order valence-corrected chi connectivity index (χ1v) is 10.4. The van der Waals surface area contributed by atoms with Crippen LogP contribution in [0.3, 0.4) is 0 Å². The maximum Gasteiger partial charge on any atom is 0.287 e. The number of rotatable bonds is 3. The molecule has 148 valence electrons. The summed E-state index contributed by atoms with van der Waals surface area (Å²) in [5, 5.41) is 4.56. The van der Waals surface area contributed by atoms with Crippen molar-refractivity contribution in [1.29, 1.82) is 0 Å². The maximum absolute atomic E-state index is 15.4. The van der Waals surface area contributed by atoms with Crippen LogP contribution in [0.2, 0.25) is 0 Å². The largest absolute Gasteiger partial charge is 0.375 e. The fourth-order valence-corrected chi connectivity index (χ4v) is 5.84. The number of ether oxygens (including phenoxy) is 1. The van der Waals surface area contributed by atoms with E-state index in [-0.39, 0.29) is 39.5 Å². The van der Waals surface area contributed by atoms with E-state index in [2.05, 4.69) is 5.16 Å². The number of hydrogen-bond donors (Lipinski definition) is 0. The van der Waals surface area contributed by atoms with Gasteiger partial charge in [0.25, 0.3) is 5.24 Å². The minimum absolute atomic E-state index is 0.0195. The Balaban J connectivity index is 1.62. The van der Waals surface area contributed by atoms with Crippen LogP contribution in [-0.2, 0) is 4.74 Å². The molecule has 1 saturated carbocycles. The third kappa shape index (κ3) is 2.63. The van der Waals surface area contributed by atoms with Crippen LogP contribution in [0.1, 0.15) is 36.5 Å². The molecule has 3 heterocycles. The summed E-state index contributed by atoms with van der Waals surface area (Å²) in [6.45, 7) is 3.33. The predicted octanol–water partition coefficient (Wildman–Crippen LogP) is 3.60. The average Bonchev–Trinajstić information content (AvgIpc) is 3.36. The third-order valence-corrected chi connectivity index (χ3v) is 7.05. The topological polar surface area (TPSA) is 75.9 Å². The van der Waals surface area contributed by atoms with Gasteiger partial charge in [-0.2, -0.15) is 0 Å². The minimum atomic E-state index is -0.616. The van der Waals surface area contributed by atoms with Crippen molar-refractivity contribution < 1.29 is 23.2 Å². The third-order valence-electron chi connectivity index (χ3n) is 5.80. The average molecular weight is 405 g/mol. The standard InChI is InChI=1S/C19H20FN3O4S/c1-10-8-22(5-6-26-10)16-11(9-24)7-12-17(15(16)20)27-21-18(12)23-13-3-2-4-14(13)28-19(23)25/h7,9-10,13-14H,2-6,8H2,1H3. The fraction of sp³-hybridized carbons (Fsp3) is 0.526. The van der Waals surface area contributed by atoms with Crippen LogP contribution in [0.4, 0.5) is 20.7 Å². The van der Waals surface area contributed by atoms with Crippen molar-refractivity contribution in [3.8, 4) is 0 Å². The fourth-order valence-electron chi connectivity index (χ4n) is 4.55. The van der Waals surface area contributed by atoms with Crippen LogP contribution in [-0.4, -0.2) is 53.8 Å². The molecule has 9 heteroatoms. The first-order valence-electron chi connectivity index (χ1n) is 9.52. The van der Waals surface area contributed by atoms with Gasteiger partial charge in [0, 0.05) is 23.9 Å². The number of aldehydes is 1. The summed E-state index contributed by atoms with van der Waals surface area (Å²) in [6.07, 6.45) is 3.51. The summed E-state index contributed by atoms with van der Waals surface area (Å²) in [5.74, 6) is -0.305. The normalized spacial score (nSPS) is 27.6. The molecule has 0 spiro atoms. The summed E-state index contributed by atoms with van der Waals surface area (Å²) in [5.41, 5.74) is 0.418. The number of benzene rings is 1. The molecule has 5 rings (SSSR count). The monoisotopic (exact) mass is 405 g/mol. The summed E-state index contributed by atoms with van der Waals surface area (Å²) >= 11 is 1.31. The van der Waals surface area contributed by atoms with Crippen molar-refractivity contribution in [3.63, 3.8) is 0 Å². The Labute approximate surface area is 165 Å². The van der Waals surface area contributed by atoms with Crippen LogP contribution in [0.25, 0.3) is 11.0 Å². The minimum Gasteiger partial charge on any atom is -0.375 e. The highest BCUT2D eigenvalue weighted by Gasteiger charge is 2.46. The van der Waals surface area contributed by atoms with Crippen LogP contribution < -0.4 is 9.80 Å². The van der Waals surface area contributed by atoms with Crippen LogP contribution >= 0.6 is 11.8 Å². The van der Waals surface area contributed by atoms with Gasteiger partial charge in [-0.25, -0.2) is 4.39 Å². The van der Waals surface area contributed by atoms with E-state index in [0.717, 1.165) is 19.3 Å². The van der Waals surface area contributed by atoms with E-state index in [4.69, 9.17) is 9.26 Å². The van der Waals surface area contributed by atoms with E-state index in [1.54, 1.807) is 15.9 Å². The first-order chi connectivity index (χ1) is 13.6. The second-order valence-electron chi connectivity index (χ2n) is 7.55. The molecule has 0 N–H and O–H groups in total. The number of hydrogen-bond acceptors (Lipinski definition) is 7. The van der Waals surface area contributed by atoms with Gasteiger partial charge in [-0.1, -0.05) is 23.3 Å². The second-order valence-corrected chi connectivity index (χ2v) is 8.74. The number of aromatic nitrogens is 1. The van der Waals surface area contributed by atoms with Gasteiger partial charge < -0.3 is 14.2 Å². The summed E-state index contributed by atoms with van der Waals surface area (Å²) < 4.78 is 26.3. The van der Waals surface area contributed by atoms with Gasteiger partial charge in [-0.15, -0.1) is 0 Å². The molecule has 3 unspecified atom stereocenters. The number of fused-ring (bicyclic) bond motifs is 2. The number of halogens is 1. The van der Waals surface area contributed by atoms with E-state index in [1.165, 1.54) is 11.8 Å². The molecule has 2 aliphatic heterocycles. The smallest absolute Gasteiger partial charge is 0.287 e. The Morgan fingerprint density at radius 3 is 3.04 bits per heavy atom. The van der Waals surface area contributed by atoms with Crippen LogP contribution in [0, 0.1) is 5.82 Å². The van der Waals surface area contributed by atoms with Gasteiger partial charge in [-0.05, 0) is 25.8 Å². The van der Waals surface area contributed by atoms with Crippen molar-refractivity contribution in [1.82, 2.24) is 5.16 Å². The Morgan fingerprint density at radius 1 is 1.39 bits per heavy atom. The molecule has 28 heavy (non-hydrogen) atoms. The molecule has 0 radical (unpaired) electrons. The number of anilines is 2. The number of carbonyl (C=O) groups is 2. The molecule has 1 aromatic heterocycles. The Bertz CT molecular complexity index is 964. The van der Waals surface area contributed by atoms with Crippen molar-refractivity contribution >= 4 is 45.8 Å². The lowest BCUT2D eigenvalue weighted by Gasteiger charge is -2.33. The quantitative estimate of drug-likeness (QED) is 0.722. The van der Waals surface area contributed by atoms with Crippen molar-refractivity contribution in [2.45, 2.75) is 43.6 Å². The molecule has 1 aliphatic carbocycles. The van der Waals surface area contributed by atoms with Gasteiger partial charge >= 0.3 is 0 Å². The highest BCUT2D eigenvalue weighted by Crippen LogP contribution is 2.46. The van der Waals surface area contributed by atoms with Crippen LogP contribution in [0.15, 0.2) is 10.6 Å². The summed E-state index contributed by atoms with van der Waals surface area (Å²) in [4.78, 5) is 27.8. The molecular formula is C19H20FN3O4S.